The summed E-state index contributed by atoms with van der Waals surface area (Å²) in [4.78, 5) is 0. The minimum atomic E-state index is 0.0533. The SMILES string of the molecule is CSCc1ccc(C(=N)N)cc1Cl. The number of hydrogen-bond donors (Lipinski definition) is 2. The first-order valence-electron chi connectivity index (χ1n) is 3.77. The summed E-state index contributed by atoms with van der Waals surface area (Å²) in [7, 11) is 0. The second kappa shape index (κ2) is 4.53. The molecule has 0 saturated carbocycles. The van der Waals surface area contributed by atoms with Crippen LogP contribution in [0.2, 0.25) is 5.02 Å². The van der Waals surface area contributed by atoms with Gasteiger partial charge < -0.3 is 5.73 Å². The molecule has 0 aliphatic rings. The van der Waals surface area contributed by atoms with Gasteiger partial charge in [0.05, 0.1) is 0 Å². The fraction of sp³-hybridized carbons (Fsp3) is 0.222. The number of nitrogens with one attached hydrogen (secondary N) is 1. The summed E-state index contributed by atoms with van der Waals surface area (Å²) in [5, 5.41) is 7.90. The zero-order valence-corrected chi connectivity index (χ0v) is 8.88. The second-order valence-electron chi connectivity index (χ2n) is 2.65. The highest BCUT2D eigenvalue weighted by Gasteiger charge is 2.02. The van der Waals surface area contributed by atoms with Gasteiger partial charge in [-0.05, 0) is 17.9 Å². The summed E-state index contributed by atoms with van der Waals surface area (Å²) in [6.45, 7) is 0. The van der Waals surface area contributed by atoms with Crippen LogP contribution in [0, 0.1) is 5.41 Å². The standard InChI is InChI=1S/C9H11ClN2S/c1-13-5-7-3-2-6(9(11)12)4-8(7)10/h2-4H,5H2,1H3,(H3,11,12). The van der Waals surface area contributed by atoms with Crippen molar-refractivity contribution >= 4 is 29.2 Å². The van der Waals surface area contributed by atoms with E-state index >= 15 is 0 Å². The quantitative estimate of drug-likeness (QED) is 0.600. The van der Waals surface area contributed by atoms with Crippen LogP contribution in [0.5, 0.6) is 0 Å². The van der Waals surface area contributed by atoms with Crippen molar-refractivity contribution in [3.63, 3.8) is 0 Å². The average Bonchev–Trinajstić information content (AvgIpc) is 2.08. The summed E-state index contributed by atoms with van der Waals surface area (Å²) in [6.07, 6.45) is 2.02. The van der Waals surface area contributed by atoms with Gasteiger partial charge in [0, 0.05) is 16.3 Å². The molecule has 2 nitrogen and oxygen atoms in total. The number of rotatable bonds is 3. The second-order valence-corrected chi connectivity index (χ2v) is 3.93. The molecule has 1 rings (SSSR count). The Labute approximate surface area is 87.0 Å². The Morgan fingerprint density at radius 3 is 2.77 bits per heavy atom. The zero-order chi connectivity index (χ0) is 9.84. The largest absolute Gasteiger partial charge is 0.384 e. The van der Waals surface area contributed by atoms with Gasteiger partial charge in [-0.1, -0.05) is 23.7 Å². The van der Waals surface area contributed by atoms with Crippen molar-refractivity contribution in [1.29, 1.82) is 5.41 Å². The predicted molar refractivity (Wildman–Crippen MR) is 59.7 cm³/mol. The van der Waals surface area contributed by atoms with E-state index in [1.54, 1.807) is 17.8 Å². The zero-order valence-electron chi connectivity index (χ0n) is 7.30. The van der Waals surface area contributed by atoms with Crippen molar-refractivity contribution < 1.29 is 0 Å². The van der Waals surface area contributed by atoms with Crippen LogP contribution in [0.1, 0.15) is 11.1 Å². The number of nitrogen functional groups attached to an aromatic ring is 1. The van der Waals surface area contributed by atoms with Crippen LogP contribution in [0.3, 0.4) is 0 Å². The highest BCUT2D eigenvalue weighted by molar-refractivity contribution is 7.97. The highest BCUT2D eigenvalue weighted by atomic mass is 35.5. The maximum Gasteiger partial charge on any atom is 0.122 e. The summed E-state index contributed by atoms with van der Waals surface area (Å²) >= 11 is 7.70. The molecule has 0 bridgehead atoms. The van der Waals surface area contributed by atoms with E-state index in [2.05, 4.69) is 0 Å². The van der Waals surface area contributed by atoms with Gasteiger partial charge in [-0.15, -0.1) is 0 Å². The summed E-state index contributed by atoms with van der Waals surface area (Å²) < 4.78 is 0. The van der Waals surface area contributed by atoms with Crippen molar-refractivity contribution in [2.24, 2.45) is 5.73 Å². The summed E-state index contributed by atoms with van der Waals surface area (Å²) in [6, 6.07) is 5.46. The summed E-state index contributed by atoms with van der Waals surface area (Å²) in [5.41, 5.74) is 7.08. The molecule has 0 heterocycles. The number of hydrogen-bond acceptors (Lipinski definition) is 2. The van der Waals surface area contributed by atoms with Crippen LogP contribution in [0.25, 0.3) is 0 Å². The third kappa shape index (κ3) is 2.64. The molecule has 0 radical (unpaired) electrons. The molecule has 0 aliphatic heterocycles. The van der Waals surface area contributed by atoms with Crippen LogP contribution >= 0.6 is 23.4 Å². The molecule has 3 N–H and O–H groups in total. The Bertz CT molecular complexity index is 325. The van der Waals surface area contributed by atoms with Crippen molar-refractivity contribution in [3.05, 3.63) is 34.3 Å². The van der Waals surface area contributed by atoms with Crippen molar-refractivity contribution in [2.45, 2.75) is 5.75 Å². The molecule has 0 atom stereocenters. The minimum Gasteiger partial charge on any atom is -0.384 e. The fourth-order valence-corrected chi connectivity index (χ4v) is 1.88. The van der Waals surface area contributed by atoms with E-state index in [-0.39, 0.29) is 5.84 Å². The van der Waals surface area contributed by atoms with Crippen molar-refractivity contribution in [3.8, 4) is 0 Å². The van der Waals surface area contributed by atoms with Gasteiger partial charge in [-0.25, -0.2) is 0 Å². The topological polar surface area (TPSA) is 49.9 Å². The van der Waals surface area contributed by atoms with E-state index in [1.807, 2.05) is 18.4 Å². The number of thioether (sulfide) groups is 1. The molecule has 0 aromatic heterocycles. The Kier molecular flexibility index (Phi) is 3.63. The number of amidine groups is 1. The lowest BCUT2D eigenvalue weighted by atomic mass is 10.1. The fourth-order valence-electron chi connectivity index (χ4n) is 0.987. The summed E-state index contributed by atoms with van der Waals surface area (Å²) in [5.74, 6) is 0.939. The van der Waals surface area contributed by atoms with Crippen LogP contribution in [-0.4, -0.2) is 12.1 Å². The monoisotopic (exact) mass is 214 g/mol. The van der Waals surface area contributed by atoms with E-state index in [0.717, 1.165) is 11.3 Å². The van der Waals surface area contributed by atoms with Crippen LogP contribution in [0.4, 0.5) is 0 Å². The van der Waals surface area contributed by atoms with Crippen molar-refractivity contribution in [2.75, 3.05) is 6.26 Å². The van der Waals surface area contributed by atoms with Crippen molar-refractivity contribution in [1.82, 2.24) is 0 Å². The molecule has 1 aromatic carbocycles. The lowest BCUT2D eigenvalue weighted by molar-refractivity contribution is 1.38. The molecule has 13 heavy (non-hydrogen) atoms. The molecule has 70 valence electrons. The number of halogens is 1. The van der Waals surface area contributed by atoms with Gasteiger partial charge in [-0.2, -0.15) is 11.8 Å². The lowest BCUT2D eigenvalue weighted by Crippen LogP contribution is -2.10. The van der Waals surface area contributed by atoms with Crippen LogP contribution in [0.15, 0.2) is 18.2 Å². The van der Waals surface area contributed by atoms with Crippen LogP contribution in [-0.2, 0) is 5.75 Å². The third-order valence-corrected chi connectivity index (χ3v) is 2.62. The minimum absolute atomic E-state index is 0.0533. The van der Waals surface area contributed by atoms with E-state index in [1.165, 1.54) is 0 Å². The van der Waals surface area contributed by atoms with Gasteiger partial charge >= 0.3 is 0 Å². The van der Waals surface area contributed by atoms with E-state index in [9.17, 15) is 0 Å². The van der Waals surface area contributed by atoms with Gasteiger partial charge in [0.1, 0.15) is 5.84 Å². The Morgan fingerprint density at radius 2 is 2.31 bits per heavy atom. The predicted octanol–water partition coefficient (Wildman–Crippen LogP) is 2.49. The first kappa shape index (κ1) is 10.4. The molecule has 0 spiro atoms. The van der Waals surface area contributed by atoms with Gasteiger partial charge in [0.2, 0.25) is 0 Å². The molecular weight excluding hydrogens is 204 g/mol. The smallest absolute Gasteiger partial charge is 0.122 e. The lowest BCUT2D eigenvalue weighted by Gasteiger charge is -2.04. The normalized spacial score (nSPS) is 10.0. The molecular formula is C9H11ClN2S. The Balaban J connectivity index is 2.98. The maximum atomic E-state index is 7.22. The van der Waals surface area contributed by atoms with Gasteiger partial charge in [0.25, 0.3) is 0 Å². The Hall–Kier alpha value is -0.670. The highest BCUT2D eigenvalue weighted by Crippen LogP contribution is 2.21. The molecule has 1 aromatic rings. The Morgan fingerprint density at radius 1 is 1.62 bits per heavy atom. The van der Waals surface area contributed by atoms with Gasteiger partial charge in [-0.3, -0.25) is 5.41 Å². The first-order valence-corrected chi connectivity index (χ1v) is 5.54. The molecule has 4 heteroatoms. The molecule has 0 unspecified atom stereocenters. The number of nitrogens with two attached hydrogens (primary N) is 1. The average molecular weight is 215 g/mol. The van der Waals surface area contributed by atoms with Crippen LogP contribution < -0.4 is 5.73 Å². The molecule has 0 fully saturated rings. The number of benzene rings is 1. The third-order valence-electron chi connectivity index (χ3n) is 1.66. The van der Waals surface area contributed by atoms with E-state index in [4.69, 9.17) is 22.7 Å². The van der Waals surface area contributed by atoms with Gasteiger partial charge in [0.15, 0.2) is 0 Å². The molecule has 0 aliphatic carbocycles. The van der Waals surface area contributed by atoms with E-state index in [0.29, 0.717) is 10.6 Å². The molecule has 0 amide bonds. The maximum absolute atomic E-state index is 7.22. The molecule has 0 saturated heterocycles. The van der Waals surface area contributed by atoms with E-state index < -0.39 is 0 Å². The first-order chi connectivity index (χ1) is 6.15.